The fourth-order valence-electron chi connectivity index (χ4n) is 3.02. The second kappa shape index (κ2) is 9.31. The lowest BCUT2D eigenvalue weighted by Gasteiger charge is -2.12. The Labute approximate surface area is 196 Å². The predicted molar refractivity (Wildman–Crippen MR) is 124 cm³/mol. The third-order valence-electron chi connectivity index (χ3n) is 4.56. The van der Waals surface area contributed by atoms with Gasteiger partial charge in [-0.25, -0.2) is 0 Å². The molecule has 0 atom stereocenters. The lowest BCUT2D eigenvalue weighted by atomic mass is 10.1. The number of amides is 3. The van der Waals surface area contributed by atoms with Crippen molar-refractivity contribution in [2.75, 3.05) is 11.9 Å². The Bertz CT molecular complexity index is 1300. The van der Waals surface area contributed by atoms with Crippen molar-refractivity contribution >= 4 is 57.9 Å². The first-order valence-corrected chi connectivity index (χ1v) is 10.7. The molecule has 9 nitrogen and oxygen atoms in total. The molecule has 1 saturated heterocycles. The van der Waals surface area contributed by atoms with Crippen LogP contribution in [0.25, 0.3) is 17.4 Å². The van der Waals surface area contributed by atoms with Gasteiger partial charge in [-0.2, -0.15) is 0 Å². The molecule has 0 bridgehead atoms. The number of rotatable bonds is 6. The van der Waals surface area contributed by atoms with Gasteiger partial charge in [0.15, 0.2) is 0 Å². The van der Waals surface area contributed by atoms with Gasteiger partial charge in [0.1, 0.15) is 23.1 Å². The lowest BCUT2D eigenvalue weighted by molar-refractivity contribution is -0.384. The third kappa shape index (κ3) is 4.97. The van der Waals surface area contributed by atoms with E-state index in [1.165, 1.54) is 18.2 Å². The van der Waals surface area contributed by atoms with Crippen LogP contribution in [0.15, 0.2) is 70.0 Å². The molecule has 2 heterocycles. The van der Waals surface area contributed by atoms with Gasteiger partial charge in [0.25, 0.3) is 16.8 Å². The van der Waals surface area contributed by atoms with E-state index in [2.05, 4.69) is 5.32 Å². The number of anilines is 1. The van der Waals surface area contributed by atoms with Crippen LogP contribution in [0.1, 0.15) is 5.76 Å². The van der Waals surface area contributed by atoms with E-state index in [0.29, 0.717) is 28.8 Å². The number of nitro benzene ring substituents is 1. The van der Waals surface area contributed by atoms with Crippen LogP contribution in [0.2, 0.25) is 5.02 Å². The first-order chi connectivity index (χ1) is 15.8. The molecule has 0 saturated carbocycles. The highest BCUT2D eigenvalue weighted by Crippen LogP contribution is 2.34. The average molecular weight is 484 g/mol. The van der Waals surface area contributed by atoms with Gasteiger partial charge in [0.2, 0.25) is 5.91 Å². The van der Waals surface area contributed by atoms with Crippen molar-refractivity contribution in [3.63, 3.8) is 0 Å². The molecule has 0 aliphatic carbocycles. The fourth-order valence-corrected chi connectivity index (χ4v) is 4.03. The van der Waals surface area contributed by atoms with Crippen molar-refractivity contribution in [3.8, 4) is 11.3 Å². The van der Waals surface area contributed by atoms with Gasteiger partial charge < -0.3 is 9.73 Å². The number of benzene rings is 2. The first kappa shape index (κ1) is 22.3. The standard InChI is InChI=1S/C22H14ClN3O6S/c23-16-8-6-13(10-17(16)26(30)31)18-9-7-15(32-18)11-19-21(28)25(22(29)33-19)12-20(27)24-14-4-2-1-3-5-14/h1-11H,12H2,(H,24,27)/b19-11-. The van der Waals surface area contributed by atoms with Crippen LogP contribution < -0.4 is 5.32 Å². The van der Waals surface area contributed by atoms with Gasteiger partial charge in [0, 0.05) is 23.4 Å². The van der Waals surface area contributed by atoms with E-state index >= 15 is 0 Å². The molecule has 33 heavy (non-hydrogen) atoms. The van der Waals surface area contributed by atoms with Gasteiger partial charge >= 0.3 is 0 Å². The number of furan rings is 1. The van der Waals surface area contributed by atoms with Gasteiger partial charge in [0.05, 0.1) is 9.83 Å². The molecule has 1 N–H and O–H groups in total. The number of carbonyl (C=O) groups is 3. The van der Waals surface area contributed by atoms with Gasteiger partial charge in [-0.3, -0.25) is 29.4 Å². The van der Waals surface area contributed by atoms with E-state index in [9.17, 15) is 24.5 Å². The number of halogens is 1. The number of para-hydroxylation sites is 1. The zero-order chi connectivity index (χ0) is 23.5. The van der Waals surface area contributed by atoms with Crippen LogP contribution in [0, 0.1) is 10.1 Å². The smallest absolute Gasteiger partial charge is 0.294 e. The zero-order valence-electron chi connectivity index (χ0n) is 16.7. The topological polar surface area (TPSA) is 123 Å². The summed E-state index contributed by atoms with van der Waals surface area (Å²) in [5, 5.41) is 13.1. The average Bonchev–Trinajstić information content (AvgIpc) is 3.35. The number of nitrogens with zero attached hydrogens (tertiary/aromatic N) is 2. The van der Waals surface area contributed by atoms with E-state index in [0.717, 1.165) is 4.90 Å². The Morgan fingerprint density at radius 2 is 1.91 bits per heavy atom. The predicted octanol–water partition coefficient (Wildman–Crippen LogP) is 5.18. The second-order valence-electron chi connectivity index (χ2n) is 6.81. The molecular formula is C22H14ClN3O6S. The quantitative estimate of drug-likeness (QED) is 0.291. The highest BCUT2D eigenvalue weighted by molar-refractivity contribution is 8.18. The summed E-state index contributed by atoms with van der Waals surface area (Å²) >= 11 is 6.52. The molecule has 1 aromatic heterocycles. The van der Waals surface area contributed by atoms with E-state index in [1.807, 2.05) is 0 Å². The number of hydrogen-bond donors (Lipinski definition) is 1. The minimum absolute atomic E-state index is 0.000468. The maximum Gasteiger partial charge on any atom is 0.294 e. The molecular weight excluding hydrogens is 470 g/mol. The second-order valence-corrected chi connectivity index (χ2v) is 8.21. The number of nitro groups is 1. The molecule has 3 amide bonds. The Balaban J connectivity index is 1.48. The summed E-state index contributed by atoms with van der Waals surface area (Å²) in [6.07, 6.45) is 1.38. The molecule has 1 aliphatic rings. The van der Waals surface area contributed by atoms with E-state index in [-0.39, 0.29) is 21.4 Å². The first-order valence-electron chi connectivity index (χ1n) is 9.46. The number of nitrogens with one attached hydrogen (secondary N) is 1. The van der Waals surface area contributed by atoms with Crippen LogP contribution in [0.3, 0.4) is 0 Å². The molecule has 1 fully saturated rings. The molecule has 0 radical (unpaired) electrons. The van der Waals surface area contributed by atoms with E-state index < -0.39 is 28.5 Å². The molecule has 0 unspecified atom stereocenters. The normalized spacial score (nSPS) is 14.7. The Hall–Kier alpha value is -3.89. The molecule has 0 spiro atoms. The SMILES string of the molecule is O=C(CN1C(=O)S/C(=C\c2ccc(-c3ccc(Cl)c([N+](=O)[O-])c3)o2)C1=O)Nc1ccccc1. The highest BCUT2D eigenvalue weighted by atomic mass is 35.5. The minimum Gasteiger partial charge on any atom is -0.457 e. The van der Waals surface area contributed by atoms with Crippen molar-refractivity contribution in [2.45, 2.75) is 0 Å². The number of carbonyl (C=O) groups excluding carboxylic acids is 3. The van der Waals surface area contributed by atoms with Crippen molar-refractivity contribution in [3.05, 3.63) is 86.5 Å². The maximum absolute atomic E-state index is 12.6. The van der Waals surface area contributed by atoms with Crippen molar-refractivity contribution in [1.82, 2.24) is 4.90 Å². The van der Waals surface area contributed by atoms with Crippen molar-refractivity contribution in [1.29, 1.82) is 0 Å². The molecule has 166 valence electrons. The maximum atomic E-state index is 12.6. The van der Waals surface area contributed by atoms with E-state index in [4.69, 9.17) is 16.0 Å². The third-order valence-corrected chi connectivity index (χ3v) is 5.79. The Morgan fingerprint density at radius 1 is 1.15 bits per heavy atom. The molecule has 2 aromatic carbocycles. The molecule has 11 heteroatoms. The minimum atomic E-state index is -0.617. The summed E-state index contributed by atoms with van der Waals surface area (Å²) in [6.45, 7) is -0.422. The molecule has 3 aromatic rings. The van der Waals surface area contributed by atoms with Crippen LogP contribution in [-0.4, -0.2) is 33.4 Å². The largest absolute Gasteiger partial charge is 0.457 e. The number of hydrogen-bond acceptors (Lipinski definition) is 7. The van der Waals surface area contributed by atoms with E-state index in [1.54, 1.807) is 48.5 Å². The summed E-state index contributed by atoms with van der Waals surface area (Å²) in [5.74, 6) is -0.535. The van der Waals surface area contributed by atoms with Crippen molar-refractivity contribution < 1.29 is 23.7 Å². The molecule has 4 rings (SSSR count). The van der Waals surface area contributed by atoms with Gasteiger partial charge in [-0.05, 0) is 48.2 Å². The summed E-state index contributed by atoms with van der Waals surface area (Å²) < 4.78 is 5.67. The van der Waals surface area contributed by atoms with Crippen LogP contribution in [0.4, 0.5) is 16.2 Å². The van der Waals surface area contributed by atoms with Crippen LogP contribution in [-0.2, 0) is 9.59 Å². The van der Waals surface area contributed by atoms with Gasteiger partial charge in [-0.15, -0.1) is 0 Å². The van der Waals surface area contributed by atoms with Crippen LogP contribution >= 0.6 is 23.4 Å². The highest BCUT2D eigenvalue weighted by Gasteiger charge is 2.36. The summed E-state index contributed by atoms with van der Waals surface area (Å²) in [7, 11) is 0. The summed E-state index contributed by atoms with van der Waals surface area (Å²) in [4.78, 5) is 48.6. The van der Waals surface area contributed by atoms with Gasteiger partial charge in [-0.1, -0.05) is 29.8 Å². The Morgan fingerprint density at radius 3 is 2.64 bits per heavy atom. The number of thioether (sulfide) groups is 1. The lowest BCUT2D eigenvalue weighted by Crippen LogP contribution is -2.36. The number of imide groups is 1. The monoisotopic (exact) mass is 483 g/mol. The summed E-state index contributed by atoms with van der Waals surface area (Å²) in [6, 6.07) is 16.1. The van der Waals surface area contributed by atoms with Crippen molar-refractivity contribution in [2.24, 2.45) is 0 Å². The molecule has 1 aliphatic heterocycles. The van der Waals surface area contributed by atoms with Crippen LogP contribution in [0.5, 0.6) is 0 Å². The Kier molecular flexibility index (Phi) is 6.29. The zero-order valence-corrected chi connectivity index (χ0v) is 18.3. The fraction of sp³-hybridized carbons (Fsp3) is 0.0455. The summed E-state index contributed by atoms with van der Waals surface area (Å²) in [5.41, 5.74) is 0.717.